The lowest BCUT2D eigenvalue weighted by molar-refractivity contribution is -0.120. The summed E-state index contributed by atoms with van der Waals surface area (Å²) in [7, 11) is -3.98. The smallest absolute Gasteiger partial charge is 0.243 e. The number of carbonyl (C=O) groups excluding carboxylic acids is 1. The number of benzene rings is 2. The Morgan fingerprint density at radius 3 is 2.32 bits per heavy atom. The number of hydrogen-bond donors (Lipinski definition) is 1. The zero-order chi connectivity index (χ0) is 22.2. The standard InChI is InChI=1S/C20H19ClF2N2O5S/c21-14-10-18-19(30-8-7-29-18)11-17(14)24-20(26)12-3-5-25(6-4-12)31(27,28)13-1-2-15(22)16(23)9-13/h1-2,9-12H,3-8H2,(H,24,26). The van der Waals surface area contributed by atoms with Gasteiger partial charge in [0.05, 0.1) is 15.6 Å². The van der Waals surface area contributed by atoms with Gasteiger partial charge in [-0.25, -0.2) is 17.2 Å². The summed E-state index contributed by atoms with van der Waals surface area (Å²) >= 11 is 6.22. The van der Waals surface area contributed by atoms with E-state index in [0.717, 1.165) is 12.1 Å². The lowest BCUT2D eigenvalue weighted by Gasteiger charge is -2.30. The average molecular weight is 473 g/mol. The summed E-state index contributed by atoms with van der Waals surface area (Å²) in [4.78, 5) is 12.4. The maximum atomic E-state index is 13.5. The third-order valence-corrected chi connectivity index (χ3v) is 7.45. The van der Waals surface area contributed by atoms with Crippen molar-refractivity contribution < 1.29 is 31.5 Å². The Morgan fingerprint density at radius 2 is 1.68 bits per heavy atom. The van der Waals surface area contributed by atoms with Crippen LogP contribution in [0.3, 0.4) is 0 Å². The molecular weight excluding hydrogens is 454 g/mol. The average Bonchev–Trinajstić information content (AvgIpc) is 2.76. The number of rotatable bonds is 4. The molecule has 1 fully saturated rings. The van der Waals surface area contributed by atoms with Gasteiger partial charge in [0.25, 0.3) is 0 Å². The van der Waals surface area contributed by atoms with Crippen molar-refractivity contribution in [3.8, 4) is 11.5 Å². The van der Waals surface area contributed by atoms with Crippen molar-refractivity contribution in [3.05, 3.63) is 47.0 Å². The van der Waals surface area contributed by atoms with E-state index in [9.17, 15) is 22.0 Å². The molecule has 7 nitrogen and oxygen atoms in total. The zero-order valence-electron chi connectivity index (χ0n) is 16.2. The normalized spacial score (nSPS) is 17.4. The van der Waals surface area contributed by atoms with Crippen LogP contribution in [0.2, 0.25) is 5.02 Å². The first-order chi connectivity index (χ1) is 14.8. The highest BCUT2D eigenvalue weighted by Gasteiger charge is 2.33. The van der Waals surface area contributed by atoms with Crippen molar-refractivity contribution in [1.29, 1.82) is 0 Å². The summed E-state index contributed by atoms with van der Waals surface area (Å²) in [5.74, 6) is -2.08. The number of carbonyl (C=O) groups is 1. The second-order valence-electron chi connectivity index (χ2n) is 7.22. The molecule has 0 aliphatic carbocycles. The van der Waals surface area contributed by atoms with Crippen LogP contribution in [0.15, 0.2) is 35.2 Å². The lowest BCUT2D eigenvalue weighted by atomic mass is 9.97. The van der Waals surface area contributed by atoms with E-state index in [2.05, 4.69) is 5.32 Å². The van der Waals surface area contributed by atoms with E-state index in [1.807, 2.05) is 0 Å². The van der Waals surface area contributed by atoms with Crippen LogP contribution in [0, 0.1) is 17.6 Å². The first-order valence-electron chi connectivity index (χ1n) is 9.61. The Bertz CT molecular complexity index is 1120. The molecule has 2 aliphatic heterocycles. The Balaban J connectivity index is 1.40. The van der Waals surface area contributed by atoms with Gasteiger partial charge in [0, 0.05) is 31.1 Å². The highest BCUT2D eigenvalue weighted by Crippen LogP contribution is 2.38. The summed E-state index contributed by atoms with van der Waals surface area (Å²) in [6, 6.07) is 5.63. The van der Waals surface area contributed by atoms with Crippen molar-refractivity contribution in [3.63, 3.8) is 0 Å². The number of halogens is 3. The second-order valence-corrected chi connectivity index (χ2v) is 9.56. The predicted molar refractivity (Wildman–Crippen MR) is 109 cm³/mol. The first-order valence-corrected chi connectivity index (χ1v) is 11.4. The number of nitrogens with one attached hydrogen (secondary N) is 1. The molecule has 4 rings (SSSR count). The van der Waals surface area contributed by atoms with Crippen molar-refractivity contribution in [2.24, 2.45) is 5.92 Å². The van der Waals surface area contributed by atoms with Crippen molar-refractivity contribution in [2.75, 3.05) is 31.6 Å². The molecule has 0 saturated carbocycles. The molecule has 2 aromatic carbocycles. The summed E-state index contributed by atoms with van der Waals surface area (Å²) in [6.45, 7) is 0.969. The number of hydrogen-bond acceptors (Lipinski definition) is 5. The van der Waals surface area contributed by atoms with Gasteiger partial charge in [-0.05, 0) is 31.0 Å². The molecule has 31 heavy (non-hydrogen) atoms. The van der Waals surface area contributed by atoms with E-state index in [4.69, 9.17) is 21.1 Å². The Morgan fingerprint density at radius 1 is 1.03 bits per heavy atom. The molecule has 0 atom stereocenters. The molecule has 0 bridgehead atoms. The van der Waals surface area contributed by atoms with Gasteiger partial charge in [0.2, 0.25) is 15.9 Å². The van der Waals surface area contributed by atoms with Crippen molar-refractivity contribution >= 4 is 33.2 Å². The van der Waals surface area contributed by atoms with E-state index in [1.165, 1.54) is 4.31 Å². The third kappa shape index (κ3) is 4.46. The van der Waals surface area contributed by atoms with Crippen LogP contribution in [0.25, 0.3) is 0 Å². The van der Waals surface area contributed by atoms with Gasteiger partial charge < -0.3 is 14.8 Å². The lowest BCUT2D eigenvalue weighted by Crippen LogP contribution is -2.41. The van der Waals surface area contributed by atoms with Gasteiger partial charge >= 0.3 is 0 Å². The molecule has 2 aliphatic rings. The molecule has 0 aromatic heterocycles. The molecule has 1 amide bonds. The highest BCUT2D eigenvalue weighted by atomic mass is 35.5. The maximum absolute atomic E-state index is 13.5. The molecule has 11 heteroatoms. The quantitative estimate of drug-likeness (QED) is 0.737. The van der Waals surface area contributed by atoms with E-state index < -0.39 is 27.6 Å². The minimum atomic E-state index is -3.98. The predicted octanol–water partition coefficient (Wildman–Crippen LogP) is 3.43. The van der Waals surface area contributed by atoms with Crippen molar-refractivity contribution in [2.45, 2.75) is 17.7 Å². The van der Waals surface area contributed by atoms with Crippen LogP contribution in [0.4, 0.5) is 14.5 Å². The molecule has 166 valence electrons. The number of fused-ring (bicyclic) bond motifs is 1. The summed E-state index contributed by atoms with van der Waals surface area (Å²) in [6.07, 6.45) is 0.549. The van der Waals surface area contributed by atoms with Gasteiger partial charge in [0.15, 0.2) is 23.1 Å². The van der Waals surface area contributed by atoms with Crippen LogP contribution >= 0.6 is 11.6 Å². The van der Waals surface area contributed by atoms with Crippen LogP contribution < -0.4 is 14.8 Å². The number of sulfonamides is 1. The molecule has 2 heterocycles. The minimum absolute atomic E-state index is 0.0777. The Kier molecular flexibility index (Phi) is 6.05. The summed E-state index contributed by atoms with van der Waals surface area (Å²) in [5, 5.41) is 3.07. The number of amides is 1. The summed E-state index contributed by atoms with van der Waals surface area (Å²) < 4.78 is 64.1. The van der Waals surface area contributed by atoms with E-state index in [1.54, 1.807) is 12.1 Å². The van der Waals surface area contributed by atoms with Crippen LogP contribution in [0.1, 0.15) is 12.8 Å². The minimum Gasteiger partial charge on any atom is -0.486 e. The highest BCUT2D eigenvalue weighted by molar-refractivity contribution is 7.89. The topological polar surface area (TPSA) is 84.9 Å². The van der Waals surface area contributed by atoms with Crippen LogP contribution in [-0.2, 0) is 14.8 Å². The van der Waals surface area contributed by atoms with E-state index >= 15 is 0 Å². The van der Waals surface area contributed by atoms with Crippen LogP contribution in [-0.4, -0.2) is 44.9 Å². The zero-order valence-corrected chi connectivity index (χ0v) is 17.8. The molecule has 1 N–H and O–H groups in total. The monoisotopic (exact) mass is 472 g/mol. The summed E-state index contributed by atoms with van der Waals surface area (Å²) in [5.41, 5.74) is 0.382. The Hall–Kier alpha value is -2.43. The molecule has 0 unspecified atom stereocenters. The third-order valence-electron chi connectivity index (χ3n) is 5.24. The van der Waals surface area contributed by atoms with E-state index in [-0.39, 0.29) is 36.7 Å². The number of ether oxygens (including phenoxy) is 2. The SMILES string of the molecule is O=C(Nc1cc2c(cc1Cl)OCCO2)C1CCN(S(=O)(=O)c2ccc(F)c(F)c2)CC1. The van der Waals surface area contributed by atoms with Gasteiger partial charge in [-0.2, -0.15) is 4.31 Å². The van der Waals surface area contributed by atoms with Gasteiger partial charge in [-0.3, -0.25) is 4.79 Å². The van der Waals surface area contributed by atoms with Crippen molar-refractivity contribution in [1.82, 2.24) is 4.31 Å². The largest absolute Gasteiger partial charge is 0.486 e. The number of anilines is 1. The molecule has 0 spiro atoms. The van der Waals surface area contributed by atoms with Gasteiger partial charge in [-0.1, -0.05) is 11.6 Å². The second kappa shape index (κ2) is 8.60. The van der Waals surface area contributed by atoms with Gasteiger partial charge in [0.1, 0.15) is 13.2 Å². The van der Waals surface area contributed by atoms with Crippen LogP contribution in [0.5, 0.6) is 11.5 Å². The fourth-order valence-corrected chi connectivity index (χ4v) is 5.22. The first kappa shape index (κ1) is 21.8. The fourth-order valence-electron chi connectivity index (χ4n) is 3.54. The molecule has 1 saturated heterocycles. The number of nitrogens with zero attached hydrogens (tertiary/aromatic N) is 1. The fraction of sp³-hybridized carbons (Fsp3) is 0.350. The Labute approximate surface area is 182 Å². The number of piperidine rings is 1. The van der Waals surface area contributed by atoms with Gasteiger partial charge in [-0.15, -0.1) is 0 Å². The van der Waals surface area contributed by atoms with E-state index in [0.29, 0.717) is 41.5 Å². The maximum Gasteiger partial charge on any atom is 0.243 e. The molecule has 2 aromatic rings. The molecule has 0 radical (unpaired) electrons. The molecular formula is C20H19ClF2N2O5S.